The second kappa shape index (κ2) is 8.57. The lowest BCUT2D eigenvalue weighted by Crippen LogP contribution is -2.41. The maximum absolute atomic E-state index is 13.0. The van der Waals surface area contributed by atoms with Crippen LogP contribution in [-0.4, -0.2) is 49.0 Å². The molecule has 1 aliphatic rings. The van der Waals surface area contributed by atoms with Crippen molar-refractivity contribution >= 4 is 27.0 Å². The predicted molar refractivity (Wildman–Crippen MR) is 115 cm³/mol. The summed E-state index contributed by atoms with van der Waals surface area (Å²) in [4.78, 5) is 19.9. The van der Waals surface area contributed by atoms with Gasteiger partial charge in [-0.3, -0.25) is 14.7 Å². The average Bonchev–Trinajstić information content (AvgIpc) is 3.30. The number of carbonyl (C=O) groups is 1. The Hall–Kier alpha value is -2.35. The number of hydrogen-bond acceptors (Lipinski definition) is 6. The van der Waals surface area contributed by atoms with Crippen LogP contribution in [0.25, 0.3) is 10.4 Å². The van der Waals surface area contributed by atoms with Gasteiger partial charge in [0.2, 0.25) is 0 Å². The van der Waals surface area contributed by atoms with Gasteiger partial charge in [-0.2, -0.15) is 0 Å². The Morgan fingerprint density at radius 1 is 1.07 bits per heavy atom. The number of pyridine rings is 1. The zero-order valence-electron chi connectivity index (χ0n) is 15.9. The van der Waals surface area contributed by atoms with E-state index in [4.69, 9.17) is 0 Å². The van der Waals surface area contributed by atoms with Crippen LogP contribution in [0.2, 0.25) is 0 Å². The van der Waals surface area contributed by atoms with Gasteiger partial charge in [0.25, 0.3) is 0 Å². The first kappa shape index (κ1) is 19.9. The van der Waals surface area contributed by atoms with Crippen molar-refractivity contribution in [3.05, 3.63) is 71.9 Å². The Morgan fingerprint density at radius 3 is 2.45 bits per heavy atom. The third-order valence-corrected chi connectivity index (χ3v) is 8.51. The van der Waals surface area contributed by atoms with Crippen molar-refractivity contribution in [2.24, 2.45) is 0 Å². The van der Waals surface area contributed by atoms with Crippen LogP contribution in [0.1, 0.15) is 23.2 Å². The first-order valence-corrected chi connectivity index (χ1v) is 12.0. The highest BCUT2D eigenvalue weighted by molar-refractivity contribution is 7.92. The van der Waals surface area contributed by atoms with E-state index in [1.54, 1.807) is 48.0 Å². The van der Waals surface area contributed by atoms with Gasteiger partial charge in [0, 0.05) is 22.8 Å². The number of aromatic nitrogens is 1. The fourth-order valence-electron chi connectivity index (χ4n) is 3.64. The summed E-state index contributed by atoms with van der Waals surface area (Å²) in [7, 11) is -3.37. The number of carbonyl (C=O) groups excluding carboxylic acids is 1. The van der Waals surface area contributed by atoms with Crippen molar-refractivity contribution in [1.82, 2.24) is 9.88 Å². The predicted octanol–water partition coefficient (Wildman–Crippen LogP) is 3.93. The van der Waals surface area contributed by atoms with Gasteiger partial charge in [-0.05, 0) is 67.2 Å². The number of thiophene rings is 1. The summed E-state index contributed by atoms with van der Waals surface area (Å²) in [5.41, 5.74) is 1.62. The highest BCUT2D eigenvalue weighted by atomic mass is 32.2. The third kappa shape index (κ3) is 4.47. The number of hydrogen-bond donors (Lipinski definition) is 0. The molecule has 0 radical (unpaired) electrons. The second-order valence-electron chi connectivity index (χ2n) is 7.19. The Morgan fingerprint density at radius 2 is 1.83 bits per heavy atom. The van der Waals surface area contributed by atoms with Gasteiger partial charge in [0.1, 0.15) is 0 Å². The van der Waals surface area contributed by atoms with Gasteiger partial charge < -0.3 is 0 Å². The number of likely N-dealkylation sites (tertiary alicyclic amines) is 1. The molecule has 1 aromatic carbocycles. The van der Waals surface area contributed by atoms with Crippen molar-refractivity contribution in [2.75, 3.05) is 19.6 Å². The van der Waals surface area contributed by atoms with Crippen molar-refractivity contribution < 1.29 is 13.2 Å². The lowest BCUT2D eigenvalue weighted by atomic mass is 10.1. The molecule has 1 saturated heterocycles. The topological polar surface area (TPSA) is 67.3 Å². The Labute approximate surface area is 175 Å². The van der Waals surface area contributed by atoms with Crippen molar-refractivity contribution in [1.29, 1.82) is 0 Å². The molecule has 0 aliphatic carbocycles. The summed E-state index contributed by atoms with van der Waals surface area (Å²) in [5.74, 6) is 0.0172. The van der Waals surface area contributed by atoms with E-state index in [0.717, 1.165) is 10.4 Å². The summed E-state index contributed by atoms with van der Waals surface area (Å²) in [6, 6.07) is 14.7. The number of Topliss-reactive ketones (excluding diaryl/α,β-unsaturated/α-hetero) is 1. The van der Waals surface area contributed by atoms with Crippen LogP contribution in [0.15, 0.2) is 71.2 Å². The summed E-state index contributed by atoms with van der Waals surface area (Å²) in [6.07, 6.45) is 4.28. The average molecular weight is 427 g/mol. The summed E-state index contributed by atoms with van der Waals surface area (Å²) in [6.45, 7) is 1.50. The van der Waals surface area contributed by atoms with Gasteiger partial charge in [0.05, 0.1) is 16.7 Å². The van der Waals surface area contributed by atoms with Crippen LogP contribution in [-0.2, 0) is 9.84 Å². The Bertz CT molecular complexity index is 1060. The van der Waals surface area contributed by atoms with E-state index in [2.05, 4.69) is 4.98 Å². The Kier molecular flexibility index (Phi) is 5.89. The van der Waals surface area contributed by atoms with E-state index in [0.29, 0.717) is 42.9 Å². The number of sulfone groups is 1. The summed E-state index contributed by atoms with van der Waals surface area (Å²) < 4.78 is 26.1. The number of rotatable bonds is 6. The van der Waals surface area contributed by atoms with Crippen LogP contribution in [0.4, 0.5) is 0 Å². The molecule has 2 aromatic heterocycles. The van der Waals surface area contributed by atoms with Crippen molar-refractivity contribution in [3.8, 4) is 10.4 Å². The number of piperidine rings is 1. The zero-order chi connectivity index (χ0) is 20.3. The normalized spacial score (nSPS) is 16.0. The molecule has 3 aromatic rings. The first-order valence-electron chi connectivity index (χ1n) is 9.57. The maximum Gasteiger partial charge on any atom is 0.181 e. The largest absolute Gasteiger partial charge is 0.296 e. The standard InChI is InChI=1S/C22H22N2O3S2/c25-21(18-3-1-11-23-15-18)16-24-12-9-20(10-13-24)29(26,27)19-7-5-17(6-8-19)22-4-2-14-28-22/h1-8,11,14-15,20H,9-10,12-13,16H2. The van der Waals surface area contributed by atoms with E-state index >= 15 is 0 Å². The molecule has 0 N–H and O–H groups in total. The molecule has 0 unspecified atom stereocenters. The molecule has 0 atom stereocenters. The molecule has 1 aliphatic heterocycles. The molecule has 3 heterocycles. The number of benzene rings is 1. The van der Waals surface area contributed by atoms with Crippen molar-refractivity contribution in [2.45, 2.75) is 23.0 Å². The van der Waals surface area contributed by atoms with E-state index < -0.39 is 15.1 Å². The van der Waals surface area contributed by atoms with E-state index in [9.17, 15) is 13.2 Å². The molecule has 1 fully saturated rings. The van der Waals surface area contributed by atoms with Crippen LogP contribution in [0.5, 0.6) is 0 Å². The smallest absolute Gasteiger partial charge is 0.181 e. The zero-order valence-corrected chi connectivity index (χ0v) is 17.5. The third-order valence-electron chi connectivity index (χ3n) is 5.31. The molecule has 0 spiro atoms. The van der Waals surface area contributed by atoms with Crippen LogP contribution in [0, 0.1) is 0 Å². The molecule has 150 valence electrons. The minimum atomic E-state index is -3.37. The molecule has 5 nitrogen and oxygen atoms in total. The van der Waals surface area contributed by atoms with Gasteiger partial charge in [0.15, 0.2) is 15.6 Å². The highest BCUT2D eigenvalue weighted by Crippen LogP contribution is 2.29. The monoisotopic (exact) mass is 426 g/mol. The second-order valence-corrected chi connectivity index (χ2v) is 10.4. The van der Waals surface area contributed by atoms with Crippen LogP contribution < -0.4 is 0 Å². The van der Waals surface area contributed by atoms with Crippen LogP contribution >= 0.6 is 11.3 Å². The Balaban J connectivity index is 1.38. The lowest BCUT2D eigenvalue weighted by molar-refractivity contribution is 0.0916. The van der Waals surface area contributed by atoms with Gasteiger partial charge in [-0.15, -0.1) is 11.3 Å². The summed E-state index contributed by atoms with van der Waals surface area (Å²) in [5, 5.41) is 1.60. The lowest BCUT2D eigenvalue weighted by Gasteiger charge is -2.31. The molecule has 0 saturated carbocycles. The van der Waals surface area contributed by atoms with E-state index in [1.807, 2.05) is 34.5 Å². The van der Waals surface area contributed by atoms with Crippen molar-refractivity contribution in [3.63, 3.8) is 0 Å². The quantitative estimate of drug-likeness (QED) is 0.559. The van der Waals surface area contributed by atoms with Gasteiger partial charge >= 0.3 is 0 Å². The first-order chi connectivity index (χ1) is 14.0. The SMILES string of the molecule is O=C(CN1CCC(S(=O)(=O)c2ccc(-c3cccs3)cc2)CC1)c1cccnc1. The maximum atomic E-state index is 13.0. The summed E-state index contributed by atoms with van der Waals surface area (Å²) >= 11 is 1.63. The number of ketones is 1. The fraction of sp³-hybridized carbons (Fsp3) is 0.273. The highest BCUT2D eigenvalue weighted by Gasteiger charge is 2.31. The fourth-order valence-corrected chi connectivity index (χ4v) is 6.11. The minimum Gasteiger partial charge on any atom is -0.296 e. The van der Waals surface area contributed by atoms with Crippen LogP contribution in [0.3, 0.4) is 0 Å². The molecule has 7 heteroatoms. The molecule has 0 amide bonds. The van der Waals surface area contributed by atoms with E-state index in [1.165, 1.54) is 0 Å². The van der Waals surface area contributed by atoms with Gasteiger partial charge in [-0.1, -0.05) is 18.2 Å². The molecule has 29 heavy (non-hydrogen) atoms. The van der Waals surface area contributed by atoms with E-state index in [-0.39, 0.29) is 5.78 Å². The number of nitrogens with zero attached hydrogens (tertiary/aromatic N) is 2. The molecule has 0 bridgehead atoms. The minimum absolute atomic E-state index is 0.0172. The molecular formula is C22H22N2O3S2. The van der Waals surface area contributed by atoms with Gasteiger partial charge in [-0.25, -0.2) is 8.42 Å². The molecule has 4 rings (SSSR count). The molecular weight excluding hydrogens is 404 g/mol.